The van der Waals surface area contributed by atoms with E-state index >= 15 is 0 Å². The number of amides is 1. The number of hydrogen-bond donors (Lipinski definition) is 1. The van der Waals surface area contributed by atoms with E-state index in [1.807, 2.05) is 39.8 Å². The predicted octanol–water partition coefficient (Wildman–Crippen LogP) is 4.65. The fourth-order valence-corrected chi connectivity index (χ4v) is 2.52. The van der Waals surface area contributed by atoms with Crippen molar-refractivity contribution >= 4 is 11.6 Å². The van der Waals surface area contributed by atoms with Crippen molar-refractivity contribution in [2.45, 2.75) is 40.7 Å². The fourth-order valence-electron chi connectivity index (χ4n) is 2.52. The first kappa shape index (κ1) is 16.1. The maximum absolute atomic E-state index is 12.4. The lowest BCUT2D eigenvalue weighted by atomic mass is 10.0. The minimum atomic E-state index is -0.105. The quantitative estimate of drug-likeness (QED) is 0.892. The standard InChI is InChI=1S/C19H23NO2/c1-12(2)22-17-8-6-16(7-9-17)19(21)20-18-14(4)10-13(3)11-15(18)5/h6-12H,1-5H3,(H,20,21). The van der Waals surface area contributed by atoms with Crippen molar-refractivity contribution in [1.29, 1.82) is 0 Å². The van der Waals surface area contributed by atoms with Crippen LogP contribution >= 0.6 is 0 Å². The molecule has 1 N–H and O–H groups in total. The van der Waals surface area contributed by atoms with E-state index < -0.39 is 0 Å². The highest BCUT2D eigenvalue weighted by atomic mass is 16.5. The molecule has 2 aromatic carbocycles. The highest BCUT2D eigenvalue weighted by Gasteiger charge is 2.10. The Morgan fingerprint density at radius 3 is 2.05 bits per heavy atom. The number of carbonyl (C=O) groups is 1. The van der Waals surface area contributed by atoms with Gasteiger partial charge in [0.05, 0.1) is 6.10 Å². The Hall–Kier alpha value is -2.29. The summed E-state index contributed by atoms with van der Waals surface area (Å²) < 4.78 is 5.59. The molecule has 0 atom stereocenters. The van der Waals surface area contributed by atoms with Crippen LogP contribution in [0.4, 0.5) is 5.69 Å². The van der Waals surface area contributed by atoms with Gasteiger partial charge >= 0.3 is 0 Å². The molecule has 3 nitrogen and oxygen atoms in total. The van der Waals surface area contributed by atoms with Crippen LogP contribution in [0.3, 0.4) is 0 Å². The predicted molar refractivity (Wildman–Crippen MR) is 90.8 cm³/mol. The number of aryl methyl sites for hydroxylation is 3. The molecule has 2 aromatic rings. The Bertz CT molecular complexity index is 649. The third-order valence-electron chi connectivity index (χ3n) is 3.40. The molecule has 0 fully saturated rings. The number of rotatable bonds is 4. The lowest BCUT2D eigenvalue weighted by Gasteiger charge is -2.13. The Morgan fingerprint density at radius 2 is 1.55 bits per heavy atom. The van der Waals surface area contributed by atoms with Crippen LogP contribution in [0, 0.1) is 20.8 Å². The zero-order valence-electron chi connectivity index (χ0n) is 13.9. The lowest BCUT2D eigenvalue weighted by molar-refractivity contribution is 0.102. The van der Waals surface area contributed by atoms with Crippen LogP contribution in [0.15, 0.2) is 36.4 Å². The molecule has 0 aliphatic rings. The zero-order chi connectivity index (χ0) is 16.3. The van der Waals surface area contributed by atoms with Crippen LogP contribution in [0.1, 0.15) is 40.9 Å². The van der Waals surface area contributed by atoms with Gasteiger partial charge < -0.3 is 10.1 Å². The molecule has 116 valence electrons. The maximum Gasteiger partial charge on any atom is 0.255 e. The molecule has 0 radical (unpaired) electrons. The minimum absolute atomic E-state index is 0.105. The van der Waals surface area contributed by atoms with Crippen LogP contribution < -0.4 is 10.1 Å². The monoisotopic (exact) mass is 297 g/mol. The number of ether oxygens (including phenoxy) is 1. The van der Waals surface area contributed by atoms with E-state index in [0.717, 1.165) is 22.6 Å². The molecular weight excluding hydrogens is 274 g/mol. The van der Waals surface area contributed by atoms with Crippen molar-refractivity contribution in [3.63, 3.8) is 0 Å². The second-order valence-electron chi connectivity index (χ2n) is 5.92. The second-order valence-corrected chi connectivity index (χ2v) is 5.92. The van der Waals surface area contributed by atoms with E-state index in [1.54, 1.807) is 12.1 Å². The third-order valence-corrected chi connectivity index (χ3v) is 3.40. The summed E-state index contributed by atoms with van der Waals surface area (Å²) in [7, 11) is 0. The van der Waals surface area contributed by atoms with Crippen molar-refractivity contribution in [1.82, 2.24) is 0 Å². The largest absolute Gasteiger partial charge is 0.491 e. The number of carbonyl (C=O) groups excluding carboxylic acids is 1. The molecule has 0 heterocycles. The Kier molecular flexibility index (Phi) is 4.86. The average Bonchev–Trinajstić information content (AvgIpc) is 2.42. The van der Waals surface area contributed by atoms with Crippen molar-refractivity contribution in [3.05, 3.63) is 58.7 Å². The van der Waals surface area contributed by atoms with E-state index in [4.69, 9.17) is 4.74 Å². The normalized spacial score (nSPS) is 10.6. The first-order chi connectivity index (χ1) is 10.4. The summed E-state index contributed by atoms with van der Waals surface area (Å²) in [6.07, 6.45) is 0.123. The van der Waals surface area contributed by atoms with Gasteiger partial charge in [0, 0.05) is 11.3 Å². The van der Waals surface area contributed by atoms with Crippen molar-refractivity contribution < 1.29 is 9.53 Å². The van der Waals surface area contributed by atoms with Gasteiger partial charge in [0.25, 0.3) is 5.91 Å². The summed E-state index contributed by atoms with van der Waals surface area (Å²) in [5.74, 6) is 0.667. The van der Waals surface area contributed by atoms with Crippen LogP contribution in [-0.4, -0.2) is 12.0 Å². The third kappa shape index (κ3) is 3.88. The Balaban J connectivity index is 2.16. The molecule has 0 saturated heterocycles. The molecule has 1 amide bonds. The summed E-state index contributed by atoms with van der Waals surface area (Å²) in [6, 6.07) is 11.4. The van der Waals surface area contributed by atoms with Crippen molar-refractivity contribution in [3.8, 4) is 5.75 Å². The van der Waals surface area contributed by atoms with Gasteiger partial charge in [-0.25, -0.2) is 0 Å². The van der Waals surface area contributed by atoms with E-state index in [-0.39, 0.29) is 12.0 Å². The molecule has 0 aliphatic carbocycles. The van der Waals surface area contributed by atoms with E-state index in [0.29, 0.717) is 5.56 Å². The van der Waals surface area contributed by atoms with Gasteiger partial charge in [0.1, 0.15) is 5.75 Å². The fraction of sp³-hybridized carbons (Fsp3) is 0.316. The molecular formula is C19H23NO2. The number of hydrogen-bond acceptors (Lipinski definition) is 2. The number of benzene rings is 2. The first-order valence-electron chi connectivity index (χ1n) is 7.52. The SMILES string of the molecule is Cc1cc(C)c(NC(=O)c2ccc(OC(C)C)cc2)c(C)c1. The van der Waals surface area contributed by atoms with Crippen LogP contribution in [0.2, 0.25) is 0 Å². The molecule has 0 spiro atoms. The summed E-state index contributed by atoms with van der Waals surface area (Å²) in [6.45, 7) is 10.0. The van der Waals surface area contributed by atoms with Crippen LogP contribution in [0.25, 0.3) is 0 Å². The van der Waals surface area contributed by atoms with Gasteiger partial charge in [-0.15, -0.1) is 0 Å². The molecule has 0 aliphatic heterocycles. The van der Waals surface area contributed by atoms with Crippen molar-refractivity contribution in [2.24, 2.45) is 0 Å². The molecule has 22 heavy (non-hydrogen) atoms. The van der Waals surface area contributed by atoms with Gasteiger partial charge in [-0.2, -0.15) is 0 Å². The maximum atomic E-state index is 12.4. The summed E-state index contributed by atoms with van der Waals surface area (Å²) in [4.78, 5) is 12.4. The molecule has 0 bridgehead atoms. The smallest absolute Gasteiger partial charge is 0.255 e. The van der Waals surface area contributed by atoms with Gasteiger partial charge in [0.15, 0.2) is 0 Å². The minimum Gasteiger partial charge on any atom is -0.491 e. The summed E-state index contributed by atoms with van der Waals surface area (Å²) >= 11 is 0. The van der Waals surface area contributed by atoms with Gasteiger partial charge in [-0.1, -0.05) is 17.7 Å². The second kappa shape index (κ2) is 6.65. The van der Waals surface area contributed by atoms with Gasteiger partial charge in [0.2, 0.25) is 0 Å². The first-order valence-corrected chi connectivity index (χ1v) is 7.52. The summed E-state index contributed by atoms with van der Waals surface area (Å²) in [5, 5.41) is 3.00. The Labute approximate surface area is 132 Å². The molecule has 3 heteroatoms. The number of anilines is 1. The lowest BCUT2D eigenvalue weighted by Crippen LogP contribution is -2.14. The highest BCUT2D eigenvalue weighted by Crippen LogP contribution is 2.23. The van der Waals surface area contributed by atoms with E-state index in [9.17, 15) is 4.79 Å². The zero-order valence-corrected chi connectivity index (χ0v) is 13.9. The molecule has 0 saturated carbocycles. The molecule has 0 unspecified atom stereocenters. The molecule has 0 aromatic heterocycles. The highest BCUT2D eigenvalue weighted by molar-refractivity contribution is 6.05. The summed E-state index contributed by atoms with van der Waals surface area (Å²) in [5.41, 5.74) is 4.85. The van der Waals surface area contributed by atoms with E-state index in [1.165, 1.54) is 5.56 Å². The van der Waals surface area contributed by atoms with Gasteiger partial charge in [-0.3, -0.25) is 4.79 Å². The van der Waals surface area contributed by atoms with Crippen LogP contribution in [-0.2, 0) is 0 Å². The van der Waals surface area contributed by atoms with E-state index in [2.05, 4.69) is 24.4 Å². The average molecular weight is 297 g/mol. The van der Waals surface area contributed by atoms with Crippen molar-refractivity contribution in [2.75, 3.05) is 5.32 Å². The Morgan fingerprint density at radius 1 is 1.00 bits per heavy atom. The number of nitrogens with one attached hydrogen (secondary N) is 1. The molecule has 2 rings (SSSR count). The topological polar surface area (TPSA) is 38.3 Å². The van der Waals surface area contributed by atoms with Crippen LogP contribution in [0.5, 0.6) is 5.75 Å². The van der Waals surface area contributed by atoms with Gasteiger partial charge in [-0.05, 0) is 70.0 Å².